The number of piperidine rings is 1. The molecule has 6 heteroatoms. The number of ether oxygens (including phenoxy) is 1. The molecule has 3 rings (SSSR count). The highest BCUT2D eigenvalue weighted by Gasteiger charge is 2.26. The van der Waals surface area contributed by atoms with Crippen LogP contribution in [0.5, 0.6) is 0 Å². The van der Waals surface area contributed by atoms with Crippen molar-refractivity contribution in [3.8, 4) is 0 Å². The number of carbonyl (C=O) groups is 2. The second kappa shape index (κ2) is 7.66. The first kappa shape index (κ1) is 16.8. The summed E-state index contributed by atoms with van der Waals surface area (Å²) in [5.74, 6) is -0.0148. The largest absolute Gasteiger partial charge is 0.439 e. The topological polar surface area (TPSA) is 75.9 Å². The van der Waals surface area contributed by atoms with Crippen LogP contribution in [0, 0.1) is 5.92 Å². The molecule has 1 aromatic carbocycles. The van der Waals surface area contributed by atoms with Crippen molar-refractivity contribution in [3.63, 3.8) is 0 Å². The molecule has 2 aliphatic heterocycles. The standard InChI is InChI=1S/C18H25N3O3/c19-17(22)13-24-18(23)21-9-5-14(6-10-21)11-20-8-7-15-3-1-2-4-16(15)12-20/h1-4,14H,5-13H2,(H2,19,22). The molecule has 1 aromatic rings. The highest BCUT2D eigenvalue weighted by atomic mass is 16.6. The van der Waals surface area contributed by atoms with Gasteiger partial charge in [0.1, 0.15) is 0 Å². The fourth-order valence-electron chi connectivity index (χ4n) is 3.60. The smallest absolute Gasteiger partial charge is 0.410 e. The second-order valence-electron chi connectivity index (χ2n) is 6.71. The zero-order chi connectivity index (χ0) is 16.9. The van der Waals surface area contributed by atoms with Gasteiger partial charge in [-0.2, -0.15) is 0 Å². The van der Waals surface area contributed by atoms with Crippen molar-refractivity contribution in [1.82, 2.24) is 9.80 Å². The van der Waals surface area contributed by atoms with E-state index in [-0.39, 0.29) is 6.61 Å². The minimum Gasteiger partial charge on any atom is -0.439 e. The van der Waals surface area contributed by atoms with Gasteiger partial charge in [0.2, 0.25) is 0 Å². The maximum atomic E-state index is 11.8. The van der Waals surface area contributed by atoms with Gasteiger partial charge < -0.3 is 15.4 Å². The van der Waals surface area contributed by atoms with Gasteiger partial charge in [-0.05, 0) is 36.3 Å². The Bertz CT molecular complexity index is 597. The highest BCUT2D eigenvalue weighted by molar-refractivity contribution is 5.78. The first-order valence-electron chi connectivity index (χ1n) is 8.61. The van der Waals surface area contributed by atoms with Crippen molar-refractivity contribution >= 4 is 12.0 Å². The third-order valence-electron chi connectivity index (χ3n) is 4.94. The molecule has 6 nitrogen and oxygen atoms in total. The van der Waals surface area contributed by atoms with Crippen LogP contribution in [0.1, 0.15) is 24.0 Å². The Morgan fingerprint density at radius 1 is 1.12 bits per heavy atom. The summed E-state index contributed by atoms with van der Waals surface area (Å²) in [7, 11) is 0. The molecule has 0 radical (unpaired) electrons. The van der Waals surface area contributed by atoms with Gasteiger partial charge in [0.25, 0.3) is 5.91 Å². The SMILES string of the molecule is NC(=O)COC(=O)N1CCC(CN2CCc3ccccc3C2)CC1. The number of fused-ring (bicyclic) bond motifs is 1. The molecular formula is C18H25N3O3. The Balaban J connectivity index is 1.43. The summed E-state index contributed by atoms with van der Waals surface area (Å²) in [6.07, 6.45) is 2.64. The Hall–Kier alpha value is -2.08. The molecule has 0 spiro atoms. The zero-order valence-electron chi connectivity index (χ0n) is 13.9. The quantitative estimate of drug-likeness (QED) is 0.904. The van der Waals surface area contributed by atoms with Crippen molar-refractivity contribution in [2.75, 3.05) is 32.8 Å². The Morgan fingerprint density at radius 2 is 1.83 bits per heavy atom. The van der Waals surface area contributed by atoms with Crippen molar-refractivity contribution in [2.45, 2.75) is 25.8 Å². The summed E-state index contributed by atoms with van der Waals surface area (Å²) in [6.45, 7) is 4.25. The second-order valence-corrected chi connectivity index (χ2v) is 6.71. The number of likely N-dealkylation sites (tertiary alicyclic amines) is 1. The molecule has 130 valence electrons. The molecule has 0 saturated carbocycles. The summed E-state index contributed by atoms with van der Waals surface area (Å²) in [5, 5.41) is 0. The van der Waals surface area contributed by atoms with Gasteiger partial charge in [-0.15, -0.1) is 0 Å². The highest BCUT2D eigenvalue weighted by Crippen LogP contribution is 2.23. The van der Waals surface area contributed by atoms with Gasteiger partial charge in [-0.25, -0.2) is 4.79 Å². The van der Waals surface area contributed by atoms with E-state index in [1.54, 1.807) is 4.90 Å². The maximum absolute atomic E-state index is 11.8. The number of nitrogens with zero attached hydrogens (tertiary/aromatic N) is 2. The molecule has 1 fully saturated rings. The van der Waals surface area contributed by atoms with Crippen LogP contribution < -0.4 is 5.73 Å². The third-order valence-corrected chi connectivity index (χ3v) is 4.94. The number of nitrogens with two attached hydrogens (primary N) is 1. The van der Waals surface area contributed by atoms with Crippen LogP contribution in [0.15, 0.2) is 24.3 Å². The Morgan fingerprint density at radius 3 is 2.54 bits per heavy atom. The van der Waals surface area contributed by atoms with Gasteiger partial charge in [-0.1, -0.05) is 24.3 Å². The Labute approximate surface area is 142 Å². The van der Waals surface area contributed by atoms with E-state index in [0.29, 0.717) is 19.0 Å². The van der Waals surface area contributed by atoms with E-state index in [9.17, 15) is 9.59 Å². The predicted octanol–water partition coefficient (Wildman–Crippen LogP) is 1.38. The van der Waals surface area contributed by atoms with Gasteiger partial charge in [-0.3, -0.25) is 9.69 Å². The van der Waals surface area contributed by atoms with Crippen molar-refractivity contribution < 1.29 is 14.3 Å². The monoisotopic (exact) mass is 331 g/mol. The molecule has 1 saturated heterocycles. The first-order chi connectivity index (χ1) is 11.6. The lowest BCUT2D eigenvalue weighted by molar-refractivity contribution is -0.121. The summed E-state index contributed by atoms with van der Waals surface area (Å²) in [4.78, 5) is 26.7. The Kier molecular flexibility index (Phi) is 5.35. The van der Waals surface area contributed by atoms with Crippen LogP contribution >= 0.6 is 0 Å². The minimum atomic E-state index is -0.622. The number of rotatable bonds is 4. The summed E-state index contributed by atoms with van der Waals surface area (Å²) >= 11 is 0. The average Bonchev–Trinajstić information content (AvgIpc) is 2.60. The van der Waals surface area contributed by atoms with E-state index in [2.05, 4.69) is 29.2 Å². The molecule has 2 N–H and O–H groups in total. The van der Waals surface area contributed by atoms with Crippen molar-refractivity contribution in [3.05, 3.63) is 35.4 Å². The molecule has 0 unspecified atom stereocenters. The van der Waals surface area contributed by atoms with Gasteiger partial charge in [0.05, 0.1) is 0 Å². The van der Waals surface area contributed by atoms with Crippen LogP contribution in [-0.4, -0.2) is 54.6 Å². The minimum absolute atomic E-state index is 0.341. The number of primary amides is 1. The lowest BCUT2D eigenvalue weighted by Gasteiger charge is -2.36. The van der Waals surface area contributed by atoms with Crippen molar-refractivity contribution in [2.24, 2.45) is 11.7 Å². The molecule has 2 heterocycles. The van der Waals surface area contributed by atoms with Gasteiger partial charge in [0.15, 0.2) is 6.61 Å². The summed E-state index contributed by atoms with van der Waals surface area (Å²) < 4.78 is 4.87. The van der Waals surface area contributed by atoms with Crippen molar-refractivity contribution in [1.29, 1.82) is 0 Å². The number of carbonyl (C=O) groups excluding carboxylic acids is 2. The van der Waals surface area contributed by atoms with Crippen LogP contribution in [0.4, 0.5) is 4.79 Å². The summed E-state index contributed by atoms with van der Waals surface area (Å²) in [5.41, 5.74) is 7.90. The van der Waals surface area contributed by atoms with Crippen LogP contribution in [0.25, 0.3) is 0 Å². The van der Waals surface area contributed by atoms with Crippen LogP contribution in [-0.2, 0) is 22.5 Å². The van der Waals surface area contributed by atoms with Crippen LogP contribution in [0.3, 0.4) is 0 Å². The molecule has 2 aliphatic rings. The maximum Gasteiger partial charge on any atom is 0.410 e. The number of hydrogen-bond acceptors (Lipinski definition) is 4. The number of amides is 2. The van der Waals surface area contributed by atoms with Gasteiger partial charge in [0, 0.05) is 32.7 Å². The number of benzene rings is 1. The van der Waals surface area contributed by atoms with E-state index in [4.69, 9.17) is 10.5 Å². The average molecular weight is 331 g/mol. The predicted molar refractivity (Wildman–Crippen MR) is 90.3 cm³/mol. The molecule has 0 atom stereocenters. The lowest BCUT2D eigenvalue weighted by Crippen LogP contribution is -2.43. The molecule has 2 amide bonds. The number of hydrogen-bond donors (Lipinski definition) is 1. The molecule has 0 aromatic heterocycles. The molecule has 24 heavy (non-hydrogen) atoms. The lowest BCUT2D eigenvalue weighted by atomic mass is 9.94. The zero-order valence-corrected chi connectivity index (χ0v) is 13.9. The fraction of sp³-hybridized carbons (Fsp3) is 0.556. The van der Waals surface area contributed by atoms with Gasteiger partial charge >= 0.3 is 6.09 Å². The summed E-state index contributed by atoms with van der Waals surface area (Å²) in [6, 6.07) is 8.67. The van der Waals surface area contributed by atoms with Crippen LogP contribution in [0.2, 0.25) is 0 Å². The van der Waals surface area contributed by atoms with E-state index in [1.165, 1.54) is 11.1 Å². The van der Waals surface area contributed by atoms with E-state index in [1.807, 2.05) is 0 Å². The fourth-order valence-corrected chi connectivity index (χ4v) is 3.60. The van der Waals surface area contributed by atoms with E-state index in [0.717, 1.165) is 38.9 Å². The molecule has 0 aliphatic carbocycles. The molecular weight excluding hydrogens is 306 g/mol. The third kappa shape index (κ3) is 4.26. The first-order valence-corrected chi connectivity index (χ1v) is 8.61. The normalized spacial score (nSPS) is 18.9. The van der Waals surface area contributed by atoms with E-state index >= 15 is 0 Å². The van der Waals surface area contributed by atoms with E-state index < -0.39 is 12.0 Å². The molecule has 0 bridgehead atoms.